The number of para-hydroxylation sites is 1. The molecule has 0 saturated heterocycles. The van der Waals surface area contributed by atoms with E-state index in [9.17, 15) is 4.79 Å². The van der Waals surface area contributed by atoms with Crippen LogP contribution < -0.4 is 10.1 Å². The highest BCUT2D eigenvalue weighted by molar-refractivity contribution is 5.95. The van der Waals surface area contributed by atoms with Crippen molar-refractivity contribution >= 4 is 11.6 Å². The summed E-state index contributed by atoms with van der Waals surface area (Å²) in [6.45, 7) is 12.7. The van der Waals surface area contributed by atoms with E-state index in [0.29, 0.717) is 12.3 Å². The molecule has 1 amide bonds. The maximum absolute atomic E-state index is 12.7. The lowest BCUT2D eigenvalue weighted by atomic mass is 9.87. The van der Waals surface area contributed by atoms with Gasteiger partial charge in [-0.3, -0.25) is 4.79 Å². The number of hydrogen-bond acceptors (Lipinski definition) is 2. The zero-order valence-corrected chi connectivity index (χ0v) is 16.8. The van der Waals surface area contributed by atoms with Gasteiger partial charge in [-0.2, -0.15) is 0 Å². The number of amides is 1. The summed E-state index contributed by atoms with van der Waals surface area (Å²) in [5, 5.41) is 3.03. The normalized spacial score (nSPS) is 12.7. The van der Waals surface area contributed by atoms with E-state index >= 15 is 0 Å². The molecule has 3 nitrogen and oxygen atoms in total. The van der Waals surface area contributed by atoms with Gasteiger partial charge in [-0.05, 0) is 47.1 Å². The summed E-state index contributed by atoms with van der Waals surface area (Å²) in [6, 6.07) is 15.9. The second-order valence-corrected chi connectivity index (χ2v) is 8.02. The lowest BCUT2D eigenvalue weighted by Gasteiger charge is -2.21. The predicted molar refractivity (Wildman–Crippen MR) is 109 cm³/mol. The maximum atomic E-state index is 12.7. The van der Waals surface area contributed by atoms with Gasteiger partial charge in [-0.15, -0.1) is 0 Å². The molecular weight excluding hydrogens is 322 g/mol. The van der Waals surface area contributed by atoms with Crippen molar-refractivity contribution in [1.29, 1.82) is 0 Å². The van der Waals surface area contributed by atoms with Crippen molar-refractivity contribution in [2.24, 2.45) is 0 Å². The van der Waals surface area contributed by atoms with Crippen molar-refractivity contribution in [1.82, 2.24) is 0 Å². The lowest BCUT2D eigenvalue weighted by Crippen LogP contribution is -2.32. The zero-order chi connectivity index (χ0) is 19.3. The van der Waals surface area contributed by atoms with Crippen LogP contribution in [-0.4, -0.2) is 12.0 Å². The molecule has 0 aliphatic heterocycles. The Kier molecular flexibility index (Phi) is 6.47. The first kappa shape index (κ1) is 20.0. The van der Waals surface area contributed by atoms with Gasteiger partial charge in [0.05, 0.1) is 0 Å². The van der Waals surface area contributed by atoms with Crippen LogP contribution in [-0.2, 0) is 10.2 Å². The molecule has 2 aromatic carbocycles. The highest BCUT2D eigenvalue weighted by Crippen LogP contribution is 2.26. The van der Waals surface area contributed by atoms with Crippen molar-refractivity contribution in [2.75, 3.05) is 5.32 Å². The summed E-state index contributed by atoms with van der Waals surface area (Å²) in [4.78, 5) is 12.7. The molecule has 1 N–H and O–H groups in total. The van der Waals surface area contributed by atoms with Gasteiger partial charge in [0, 0.05) is 5.69 Å². The second kappa shape index (κ2) is 8.39. The SMILES string of the molecule is CCC(Oc1ccc(C(C)(C)C)cc1)C(=O)Nc1ccccc1C(C)C. The summed E-state index contributed by atoms with van der Waals surface area (Å²) in [5.41, 5.74) is 3.33. The summed E-state index contributed by atoms with van der Waals surface area (Å²) < 4.78 is 5.95. The molecule has 140 valence electrons. The second-order valence-electron chi connectivity index (χ2n) is 8.02. The number of benzene rings is 2. The average molecular weight is 354 g/mol. The Morgan fingerprint density at radius 1 is 1.04 bits per heavy atom. The van der Waals surface area contributed by atoms with Gasteiger partial charge in [0.1, 0.15) is 5.75 Å². The van der Waals surface area contributed by atoms with Gasteiger partial charge < -0.3 is 10.1 Å². The molecule has 0 spiro atoms. The van der Waals surface area contributed by atoms with Crippen LogP contribution in [0.2, 0.25) is 0 Å². The van der Waals surface area contributed by atoms with Crippen LogP contribution in [0.25, 0.3) is 0 Å². The van der Waals surface area contributed by atoms with Crippen LogP contribution in [0.5, 0.6) is 5.75 Å². The highest BCUT2D eigenvalue weighted by atomic mass is 16.5. The van der Waals surface area contributed by atoms with Gasteiger partial charge in [0.15, 0.2) is 6.10 Å². The van der Waals surface area contributed by atoms with Gasteiger partial charge in [-0.1, -0.05) is 71.9 Å². The molecule has 0 bridgehead atoms. The molecule has 0 saturated carbocycles. The molecule has 0 aliphatic carbocycles. The fraction of sp³-hybridized carbons (Fsp3) is 0.435. The fourth-order valence-electron chi connectivity index (χ4n) is 2.85. The number of ether oxygens (including phenoxy) is 1. The van der Waals surface area contributed by atoms with Crippen LogP contribution in [0, 0.1) is 0 Å². The minimum Gasteiger partial charge on any atom is -0.481 e. The van der Waals surface area contributed by atoms with E-state index in [-0.39, 0.29) is 11.3 Å². The first-order valence-electron chi connectivity index (χ1n) is 9.39. The summed E-state index contributed by atoms with van der Waals surface area (Å²) >= 11 is 0. The van der Waals surface area contributed by atoms with Crippen LogP contribution in [0.3, 0.4) is 0 Å². The van der Waals surface area contributed by atoms with Crippen molar-refractivity contribution < 1.29 is 9.53 Å². The third kappa shape index (κ3) is 5.10. The summed E-state index contributed by atoms with van der Waals surface area (Å²) in [6.07, 6.45) is 0.0900. The van der Waals surface area contributed by atoms with Crippen molar-refractivity contribution in [2.45, 2.75) is 65.4 Å². The number of anilines is 1. The van der Waals surface area contributed by atoms with Crippen molar-refractivity contribution in [3.63, 3.8) is 0 Å². The van der Waals surface area contributed by atoms with Crippen LogP contribution in [0.15, 0.2) is 48.5 Å². The largest absolute Gasteiger partial charge is 0.481 e. The zero-order valence-electron chi connectivity index (χ0n) is 16.8. The number of rotatable bonds is 6. The summed E-state index contributed by atoms with van der Waals surface area (Å²) in [7, 11) is 0. The minimum absolute atomic E-state index is 0.0978. The van der Waals surface area contributed by atoms with Crippen LogP contribution in [0.4, 0.5) is 5.69 Å². The topological polar surface area (TPSA) is 38.3 Å². The monoisotopic (exact) mass is 353 g/mol. The quantitative estimate of drug-likeness (QED) is 0.702. The molecule has 0 aliphatic rings. The summed E-state index contributed by atoms with van der Waals surface area (Å²) in [5.74, 6) is 0.954. The standard InChI is InChI=1S/C23H31NO2/c1-7-21(26-18-14-12-17(13-15-18)23(4,5)6)22(25)24-20-11-9-8-10-19(20)16(2)3/h8-16,21H,7H2,1-6H3,(H,24,25). The Bertz CT molecular complexity index is 727. The van der Waals surface area contributed by atoms with Gasteiger partial charge in [0.25, 0.3) is 5.91 Å². The van der Waals surface area contributed by atoms with E-state index in [0.717, 1.165) is 17.0 Å². The van der Waals surface area contributed by atoms with E-state index < -0.39 is 6.10 Å². The van der Waals surface area contributed by atoms with E-state index in [4.69, 9.17) is 4.74 Å². The van der Waals surface area contributed by atoms with E-state index in [1.165, 1.54) is 5.56 Å². The average Bonchev–Trinajstić information content (AvgIpc) is 2.59. The molecular formula is C23H31NO2. The molecule has 1 atom stereocenters. The molecule has 26 heavy (non-hydrogen) atoms. The van der Waals surface area contributed by atoms with Crippen LogP contribution >= 0.6 is 0 Å². The first-order valence-corrected chi connectivity index (χ1v) is 9.39. The molecule has 1 unspecified atom stereocenters. The molecule has 0 radical (unpaired) electrons. The van der Waals surface area contributed by atoms with Crippen molar-refractivity contribution in [3.8, 4) is 5.75 Å². The minimum atomic E-state index is -0.518. The first-order chi connectivity index (χ1) is 12.2. The van der Waals surface area contributed by atoms with E-state index in [1.807, 2.05) is 43.3 Å². The fourth-order valence-corrected chi connectivity index (χ4v) is 2.85. The third-order valence-electron chi connectivity index (χ3n) is 4.50. The molecule has 3 heteroatoms. The molecule has 2 aromatic rings. The van der Waals surface area contributed by atoms with E-state index in [1.54, 1.807) is 0 Å². The van der Waals surface area contributed by atoms with Gasteiger partial charge >= 0.3 is 0 Å². The van der Waals surface area contributed by atoms with Crippen molar-refractivity contribution in [3.05, 3.63) is 59.7 Å². The molecule has 0 heterocycles. The predicted octanol–water partition coefficient (Wildman–Crippen LogP) is 5.90. The van der Waals surface area contributed by atoms with Crippen LogP contribution in [0.1, 0.15) is 65.0 Å². The maximum Gasteiger partial charge on any atom is 0.265 e. The Balaban J connectivity index is 2.10. The van der Waals surface area contributed by atoms with Gasteiger partial charge in [0.2, 0.25) is 0 Å². The van der Waals surface area contributed by atoms with Gasteiger partial charge in [-0.25, -0.2) is 0 Å². The number of carbonyl (C=O) groups is 1. The Labute approximate surface area is 157 Å². The third-order valence-corrected chi connectivity index (χ3v) is 4.50. The number of hydrogen-bond donors (Lipinski definition) is 1. The highest BCUT2D eigenvalue weighted by Gasteiger charge is 2.20. The number of carbonyl (C=O) groups excluding carboxylic acids is 1. The Morgan fingerprint density at radius 2 is 1.65 bits per heavy atom. The smallest absolute Gasteiger partial charge is 0.265 e. The molecule has 0 fully saturated rings. The molecule has 2 rings (SSSR count). The molecule has 0 aromatic heterocycles. The Hall–Kier alpha value is -2.29. The Morgan fingerprint density at radius 3 is 2.19 bits per heavy atom. The lowest BCUT2D eigenvalue weighted by molar-refractivity contribution is -0.122. The number of nitrogens with one attached hydrogen (secondary N) is 1. The van der Waals surface area contributed by atoms with E-state index in [2.05, 4.69) is 52.1 Å².